The van der Waals surface area contributed by atoms with Crippen molar-refractivity contribution in [3.05, 3.63) is 108 Å². The Labute approximate surface area is 173 Å². The number of rotatable bonds is 4. The Kier molecular flexibility index (Phi) is 5.30. The smallest absolute Gasteiger partial charge is 0.117 e. The topological polar surface area (TPSA) is 28.0 Å². The van der Waals surface area contributed by atoms with Gasteiger partial charge in [-0.2, -0.15) is 5.10 Å². The first kappa shape index (κ1) is 19.1. The molecule has 0 aromatic heterocycles. The zero-order valence-electron chi connectivity index (χ0n) is 17.3. The van der Waals surface area contributed by atoms with E-state index >= 15 is 0 Å². The van der Waals surface area contributed by atoms with E-state index in [2.05, 4.69) is 105 Å². The van der Waals surface area contributed by atoms with Gasteiger partial charge in [-0.25, -0.2) is 5.01 Å². The number of benzene rings is 3. The minimum absolute atomic E-state index is 0.152. The number of aliphatic imine (C=N–C) groups is 1. The van der Waals surface area contributed by atoms with Crippen LogP contribution in [0, 0.1) is 0 Å². The lowest BCUT2D eigenvalue weighted by molar-refractivity contribution is 0.311. The summed E-state index contributed by atoms with van der Waals surface area (Å²) in [6.07, 6.45) is 0. The number of hydrogen-bond acceptors (Lipinski definition) is 2. The van der Waals surface area contributed by atoms with Crippen molar-refractivity contribution >= 4 is 11.5 Å². The first-order valence-electron chi connectivity index (χ1n) is 10.1. The summed E-state index contributed by atoms with van der Waals surface area (Å²) in [4.78, 5) is 4.85. The van der Waals surface area contributed by atoms with Crippen LogP contribution in [0.5, 0.6) is 0 Å². The Hall–Kier alpha value is -3.20. The minimum atomic E-state index is -0.230. The number of hydrazone groups is 1. The first-order valence-corrected chi connectivity index (χ1v) is 10.1. The van der Waals surface area contributed by atoms with Crippen molar-refractivity contribution in [2.75, 3.05) is 0 Å². The predicted octanol–water partition coefficient (Wildman–Crippen LogP) is 5.67. The average molecular weight is 382 g/mol. The fourth-order valence-electron chi connectivity index (χ4n) is 4.07. The molecule has 0 saturated heterocycles. The zero-order chi connectivity index (χ0) is 20.3. The Balaban J connectivity index is 1.73. The van der Waals surface area contributed by atoms with Crippen molar-refractivity contribution < 1.29 is 0 Å². The quantitative estimate of drug-likeness (QED) is 0.423. The van der Waals surface area contributed by atoms with Crippen molar-refractivity contribution in [3.8, 4) is 0 Å². The van der Waals surface area contributed by atoms with Crippen LogP contribution in [0.25, 0.3) is 0 Å². The van der Waals surface area contributed by atoms with Gasteiger partial charge in [0.1, 0.15) is 5.84 Å². The van der Waals surface area contributed by atoms with E-state index in [1.54, 1.807) is 0 Å². The molecule has 0 bridgehead atoms. The lowest BCUT2D eigenvalue weighted by Gasteiger charge is -2.34. The predicted molar refractivity (Wildman–Crippen MR) is 121 cm³/mol. The molecule has 0 amide bonds. The van der Waals surface area contributed by atoms with E-state index in [1.807, 2.05) is 12.1 Å². The van der Waals surface area contributed by atoms with Gasteiger partial charge in [-0.1, -0.05) is 91.0 Å². The summed E-state index contributed by atoms with van der Waals surface area (Å²) in [5.41, 5.74) is 4.49. The summed E-state index contributed by atoms with van der Waals surface area (Å²) in [6.45, 7) is 7.26. The van der Waals surface area contributed by atoms with Gasteiger partial charge in [0.25, 0.3) is 0 Å². The average Bonchev–Trinajstić information content (AvgIpc) is 3.06. The van der Waals surface area contributed by atoms with Crippen LogP contribution in [0.2, 0.25) is 0 Å². The van der Waals surface area contributed by atoms with E-state index in [0.717, 1.165) is 17.1 Å². The molecule has 146 valence electrons. The molecular weight excluding hydrogens is 354 g/mol. The van der Waals surface area contributed by atoms with Gasteiger partial charge in [0, 0.05) is 0 Å². The molecule has 4 rings (SSSR count). The minimum Gasteiger partial charge on any atom is -0.266 e. The van der Waals surface area contributed by atoms with Crippen LogP contribution in [-0.2, 0) is 12.0 Å². The molecule has 1 aliphatic rings. The standard InChI is InChI=1S/C26H27N3/c1-20-26(3,24-17-11-6-12-18-24)25(23-15-9-5-10-16-23)28-29(20)21(2)27-19-22-13-7-4-8-14-22/h4-18,20H,19H2,1-3H3/t20-,26+/m1/s1. The van der Waals surface area contributed by atoms with Gasteiger partial charge in [-0.05, 0) is 37.5 Å². The lowest BCUT2D eigenvalue weighted by atomic mass is 9.71. The van der Waals surface area contributed by atoms with Crippen molar-refractivity contribution in [2.45, 2.75) is 38.8 Å². The highest BCUT2D eigenvalue weighted by Crippen LogP contribution is 2.40. The Morgan fingerprint density at radius 2 is 1.45 bits per heavy atom. The summed E-state index contributed by atoms with van der Waals surface area (Å²) in [7, 11) is 0. The van der Waals surface area contributed by atoms with Crippen LogP contribution in [-0.4, -0.2) is 22.6 Å². The third-order valence-corrected chi connectivity index (χ3v) is 5.99. The summed E-state index contributed by atoms with van der Waals surface area (Å²) in [5.74, 6) is 0.939. The summed E-state index contributed by atoms with van der Waals surface area (Å²) in [5, 5.41) is 7.20. The molecule has 2 atom stereocenters. The second kappa shape index (κ2) is 8.04. The maximum absolute atomic E-state index is 5.10. The van der Waals surface area contributed by atoms with E-state index in [1.165, 1.54) is 11.1 Å². The molecule has 3 aromatic carbocycles. The van der Waals surface area contributed by atoms with Gasteiger partial charge in [0.2, 0.25) is 0 Å². The van der Waals surface area contributed by atoms with E-state index < -0.39 is 0 Å². The molecule has 0 N–H and O–H groups in total. The van der Waals surface area contributed by atoms with E-state index in [0.29, 0.717) is 6.54 Å². The highest BCUT2D eigenvalue weighted by molar-refractivity contribution is 6.10. The molecule has 29 heavy (non-hydrogen) atoms. The fourth-order valence-corrected chi connectivity index (χ4v) is 4.07. The molecule has 0 spiro atoms. The Bertz CT molecular complexity index is 1010. The van der Waals surface area contributed by atoms with Gasteiger partial charge in [0.05, 0.1) is 23.7 Å². The summed E-state index contributed by atoms with van der Waals surface area (Å²) in [6, 6.07) is 31.7. The molecular formula is C26H27N3. The number of hydrogen-bond donors (Lipinski definition) is 0. The van der Waals surface area contributed by atoms with Crippen LogP contribution in [0.1, 0.15) is 37.5 Å². The van der Waals surface area contributed by atoms with Crippen molar-refractivity contribution in [2.24, 2.45) is 10.1 Å². The molecule has 0 unspecified atom stereocenters. The van der Waals surface area contributed by atoms with E-state index in [-0.39, 0.29) is 11.5 Å². The molecule has 0 aliphatic carbocycles. The molecule has 1 aliphatic heterocycles. The number of amidine groups is 1. The van der Waals surface area contributed by atoms with E-state index in [9.17, 15) is 0 Å². The van der Waals surface area contributed by atoms with Gasteiger partial charge >= 0.3 is 0 Å². The molecule has 0 radical (unpaired) electrons. The Morgan fingerprint density at radius 1 is 0.897 bits per heavy atom. The second-order valence-electron chi connectivity index (χ2n) is 7.75. The summed E-state index contributed by atoms with van der Waals surface area (Å²) < 4.78 is 0. The van der Waals surface area contributed by atoms with Gasteiger partial charge in [-0.15, -0.1) is 0 Å². The van der Waals surface area contributed by atoms with Crippen LogP contribution in [0.3, 0.4) is 0 Å². The van der Waals surface area contributed by atoms with Gasteiger partial charge < -0.3 is 0 Å². The molecule has 3 aromatic rings. The molecule has 3 heteroatoms. The SMILES string of the molecule is CC(=NCc1ccccc1)N1N=C(c2ccccc2)[C@](C)(c2ccccc2)[C@H]1C. The molecule has 0 saturated carbocycles. The third kappa shape index (κ3) is 3.61. The monoisotopic (exact) mass is 381 g/mol. The second-order valence-corrected chi connectivity index (χ2v) is 7.75. The van der Waals surface area contributed by atoms with Crippen LogP contribution in [0.15, 0.2) is 101 Å². The molecule has 1 heterocycles. The van der Waals surface area contributed by atoms with Crippen molar-refractivity contribution in [3.63, 3.8) is 0 Å². The van der Waals surface area contributed by atoms with Crippen molar-refractivity contribution in [1.29, 1.82) is 0 Å². The fraction of sp³-hybridized carbons (Fsp3) is 0.231. The lowest BCUT2D eigenvalue weighted by Crippen LogP contribution is -2.45. The Morgan fingerprint density at radius 3 is 2.07 bits per heavy atom. The van der Waals surface area contributed by atoms with Crippen LogP contribution in [0.4, 0.5) is 0 Å². The highest BCUT2D eigenvalue weighted by Gasteiger charge is 2.47. The normalized spacial score (nSPS) is 21.9. The molecule has 3 nitrogen and oxygen atoms in total. The van der Waals surface area contributed by atoms with Gasteiger partial charge in [-0.3, -0.25) is 4.99 Å². The van der Waals surface area contributed by atoms with Crippen LogP contribution < -0.4 is 0 Å². The van der Waals surface area contributed by atoms with Gasteiger partial charge in [0.15, 0.2) is 0 Å². The maximum atomic E-state index is 5.10. The zero-order valence-corrected chi connectivity index (χ0v) is 17.3. The molecule has 0 fully saturated rings. The first-order chi connectivity index (χ1) is 14.1. The maximum Gasteiger partial charge on any atom is 0.117 e. The highest BCUT2D eigenvalue weighted by atomic mass is 15.5. The largest absolute Gasteiger partial charge is 0.266 e. The number of nitrogens with zero attached hydrogens (tertiary/aromatic N) is 3. The van der Waals surface area contributed by atoms with E-state index in [4.69, 9.17) is 10.1 Å². The third-order valence-electron chi connectivity index (χ3n) is 5.99. The summed E-state index contributed by atoms with van der Waals surface area (Å²) >= 11 is 0. The van der Waals surface area contributed by atoms with Crippen LogP contribution >= 0.6 is 0 Å². The van der Waals surface area contributed by atoms with Crippen molar-refractivity contribution in [1.82, 2.24) is 5.01 Å².